The van der Waals surface area contributed by atoms with Gasteiger partial charge in [0.05, 0.1) is 24.9 Å². The second-order valence-corrected chi connectivity index (χ2v) is 4.88. The first-order chi connectivity index (χ1) is 7.29. The standard InChI is InChI=1S/C12H22O3/c1-14-10-3-2-4-11(7-10)15-8-12(13)9-5-6-9/h9-13H,2-8H2,1H3. The van der Waals surface area contributed by atoms with Crippen molar-refractivity contribution in [3.8, 4) is 0 Å². The zero-order valence-corrected chi connectivity index (χ0v) is 9.52. The Balaban J connectivity index is 1.64. The van der Waals surface area contributed by atoms with Crippen molar-refractivity contribution >= 4 is 0 Å². The molecule has 3 unspecified atom stereocenters. The van der Waals surface area contributed by atoms with Gasteiger partial charge in [0.1, 0.15) is 0 Å². The van der Waals surface area contributed by atoms with Gasteiger partial charge in [-0.05, 0) is 44.4 Å². The first-order valence-electron chi connectivity index (χ1n) is 6.12. The monoisotopic (exact) mass is 214 g/mol. The molecule has 2 fully saturated rings. The molecule has 3 atom stereocenters. The van der Waals surface area contributed by atoms with Crippen LogP contribution in [-0.2, 0) is 9.47 Å². The van der Waals surface area contributed by atoms with Crippen LogP contribution in [0.15, 0.2) is 0 Å². The van der Waals surface area contributed by atoms with Crippen LogP contribution in [0.25, 0.3) is 0 Å². The molecule has 0 radical (unpaired) electrons. The van der Waals surface area contributed by atoms with Crippen LogP contribution < -0.4 is 0 Å². The molecule has 2 aliphatic carbocycles. The van der Waals surface area contributed by atoms with Crippen LogP contribution in [-0.4, -0.2) is 37.1 Å². The lowest BCUT2D eigenvalue weighted by atomic mass is 9.95. The summed E-state index contributed by atoms with van der Waals surface area (Å²) in [6.45, 7) is 0.520. The third kappa shape index (κ3) is 3.44. The zero-order chi connectivity index (χ0) is 10.7. The number of methoxy groups -OCH3 is 1. The molecule has 2 saturated carbocycles. The minimum atomic E-state index is -0.229. The first-order valence-corrected chi connectivity index (χ1v) is 6.12. The molecule has 1 N–H and O–H groups in total. The Morgan fingerprint density at radius 2 is 1.93 bits per heavy atom. The average molecular weight is 214 g/mol. The van der Waals surface area contributed by atoms with Crippen molar-refractivity contribution in [1.82, 2.24) is 0 Å². The number of hydrogen-bond acceptors (Lipinski definition) is 3. The van der Waals surface area contributed by atoms with Crippen LogP contribution >= 0.6 is 0 Å². The quantitative estimate of drug-likeness (QED) is 0.757. The average Bonchev–Trinajstić information content (AvgIpc) is 3.10. The van der Waals surface area contributed by atoms with E-state index in [4.69, 9.17) is 9.47 Å². The number of hydrogen-bond donors (Lipinski definition) is 1. The Labute approximate surface area is 91.8 Å². The highest BCUT2D eigenvalue weighted by Gasteiger charge is 2.31. The topological polar surface area (TPSA) is 38.7 Å². The smallest absolute Gasteiger partial charge is 0.0801 e. The van der Waals surface area contributed by atoms with E-state index in [0.29, 0.717) is 24.7 Å². The molecule has 0 aliphatic heterocycles. The SMILES string of the molecule is COC1CCCC(OCC(O)C2CC2)C1. The third-order valence-electron chi connectivity index (χ3n) is 3.58. The van der Waals surface area contributed by atoms with Crippen LogP contribution in [0.3, 0.4) is 0 Å². The van der Waals surface area contributed by atoms with Crippen molar-refractivity contribution in [2.45, 2.75) is 56.8 Å². The number of aliphatic hydroxyl groups excluding tert-OH is 1. The van der Waals surface area contributed by atoms with Gasteiger partial charge in [-0.1, -0.05) is 0 Å². The van der Waals surface area contributed by atoms with Crippen LogP contribution in [0.1, 0.15) is 38.5 Å². The molecule has 2 aliphatic rings. The van der Waals surface area contributed by atoms with E-state index in [1.165, 1.54) is 19.3 Å². The largest absolute Gasteiger partial charge is 0.390 e. The van der Waals surface area contributed by atoms with Gasteiger partial charge in [-0.2, -0.15) is 0 Å². The molecule has 0 aromatic heterocycles. The molecule has 0 aromatic rings. The molecule has 0 spiro atoms. The summed E-state index contributed by atoms with van der Waals surface area (Å²) >= 11 is 0. The van der Waals surface area contributed by atoms with E-state index in [9.17, 15) is 5.11 Å². The second kappa shape index (κ2) is 5.28. The Hall–Kier alpha value is -0.120. The van der Waals surface area contributed by atoms with Gasteiger partial charge in [0, 0.05) is 7.11 Å². The van der Waals surface area contributed by atoms with E-state index < -0.39 is 0 Å². The zero-order valence-electron chi connectivity index (χ0n) is 9.52. The Kier molecular flexibility index (Phi) is 4.00. The Morgan fingerprint density at radius 3 is 2.60 bits per heavy atom. The van der Waals surface area contributed by atoms with Crippen molar-refractivity contribution in [2.24, 2.45) is 5.92 Å². The van der Waals surface area contributed by atoms with Gasteiger partial charge < -0.3 is 14.6 Å². The van der Waals surface area contributed by atoms with Crippen molar-refractivity contribution in [3.63, 3.8) is 0 Å². The summed E-state index contributed by atoms with van der Waals surface area (Å²) in [7, 11) is 1.77. The summed E-state index contributed by atoms with van der Waals surface area (Å²) < 4.78 is 11.1. The maximum Gasteiger partial charge on any atom is 0.0801 e. The lowest BCUT2D eigenvalue weighted by Gasteiger charge is -2.28. The van der Waals surface area contributed by atoms with Gasteiger partial charge in [-0.3, -0.25) is 0 Å². The molecule has 3 nitrogen and oxygen atoms in total. The number of ether oxygens (including phenoxy) is 2. The fourth-order valence-corrected chi connectivity index (χ4v) is 2.32. The van der Waals surface area contributed by atoms with Gasteiger partial charge in [0.25, 0.3) is 0 Å². The van der Waals surface area contributed by atoms with E-state index in [-0.39, 0.29) is 6.10 Å². The maximum atomic E-state index is 9.69. The van der Waals surface area contributed by atoms with Crippen molar-refractivity contribution in [3.05, 3.63) is 0 Å². The van der Waals surface area contributed by atoms with Gasteiger partial charge >= 0.3 is 0 Å². The molecule has 3 heteroatoms. The molecule has 0 heterocycles. The predicted octanol–water partition coefficient (Wildman–Crippen LogP) is 1.73. The molecule has 0 aromatic carbocycles. The highest BCUT2D eigenvalue weighted by molar-refractivity contribution is 4.81. The molecular formula is C12H22O3. The van der Waals surface area contributed by atoms with Crippen molar-refractivity contribution < 1.29 is 14.6 Å². The highest BCUT2D eigenvalue weighted by atomic mass is 16.5. The van der Waals surface area contributed by atoms with Gasteiger partial charge in [0.15, 0.2) is 0 Å². The van der Waals surface area contributed by atoms with E-state index in [0.717, 1.165) is 19.3 Å². The van der Waals surface area contributed by atoms with Crippen molar-refractivity contribution in [1.29, 1.82) is 0 Å². The van der Waals surface area contributed by atoms with E-state index in [1.54, 1.807) is 7.11 Å². The lowest BCUT2D eigenvalue weighted by Crippen LogP contribution is -2.30. The summed E-state index contributed by atoms with van der Waals surface area (Å²) in [5.41, 5.74) is 0. The molecule has 0 saturated heterocycles. The van der Waals surface area contributed by atoms with E-state index >= 15 is 0 Å². The van der Waals surface area contributed by atoms with Gasteiger partial charge in [-0.15, -0.1) is 0 Å². The van der Waals surface area contributed by atoms with Crippen molar-refractivity contribution in [2.75, 3.05) is 13.7 Å². The summed E-state index contributed by atoms with van der Waals surface area (Å²) in [6.07, 6.45) is 7.24. The summed E-state index contributed by atoms with van der Waals surface area (Å²) in [4.78, 5) is 0. The molecule has 88 valence electrons. The second-order valence-electron chi connectivity index (χ2n) is 4.88. The first kappa shape index (κ1) is 11.4. The Morgan fingerprint density at radius 1 is 1.20 bits per heavy atom. The fourth-order valence-electron chi connectivity index (χ4n) is 2.32. The summed E-state index contributed by atoms with van der Waals surface area (Å²) in [6, 6.07) is 0. The normalized spacial score (nSPS) is 34.0. The van der Waals surface area contributed by atoms with E-state index in [2.05, 4.69) is 0 Å². The molecule has 0 bridgehead atoms. The molecule has 0 amide bonds. The Bertz CT molecular complexity index is 191. The predicted molar refractivity (Wildman–Crippen MR) is 57.7 cm³/mol. The minimum Gasteiger partial charge on any atom is -0.390 e. The fraction of sp³-hybridized carbons (Fsp3) is 1.00. The lowest BCUT2D eigenvalue weighted by molar-refractivity contribution is -0.0601. The minimum absolute atomic E-state index is 0.229. The van der Waals surface area contributed by atoms with Crippen LogP contribution in [0, 0.1) is 5.92 Å². The van der Waals surface area contributed by atoms with Crippen LogP contribution in [0.2, 0.25) is 0 Å². The molecular weight excluding hydrogens is 192 g/mol. The molecule has 2 rings (SSSR count). The van der Waals surface area contributed by atoms with Gasteiger partial charge in [-0.25, -0.2) is 0 Å². The third-order valence-corrected chi connectivity index (χ3v) is 3.58. The maximum absolute atomic E-state index is 9.69. The van der Waals surface area contributed by atoms with Crippen LogP contribution in [0.5, 0.6) is 0 Å². The number of rotatable bonds is 5. The van der Waals surface area contributed by atoms with Crippen LogP contribution in [0.4, 0.5) is 0 Å². The molecule has 15 heavy (non-hydrogen) atoms. The highest BCUT2D eigenvalue weighted by Crippen LogP contribution is 2.33. The summed E-state index contributed by atoms with van der Waals surface area (Å²) in [5, 5.41) is 9.69. The number of aliphatic hydroxyl groups is 1. The summed E-state index contributed by atoms with van der Waals surface area (Å²) in [5.74, 6) is 0.520. The van der Waals surface area contributed by atoms with Gasteiger partial charge in [0.2, 0.25) is 0 Å². The van der Waals surface area contributed by atoms with E-state index in [1.807, 2.05) is 0 Å².